The number of thioether (sulfide) groups is 1. The third kappa shape index (κ3) is 7.59. The van der Waals surface area contributed by atoms with Gasteiger partial charge in [-0.3, -0.25) is 14.4 Å². The molecule has 4 aromatic rings. The topological polar surface area (TPSA) is 75.3 Å². The zero-order valence-corrected chi connectivity index (χ0v) is 22.3. The maximum absolute atomic E-state index is 13.2. The van der Waals surface area contributed by atoms with Gasteiger partial charge in [-0.1, -0.05) is 77.8 Å². The summed E-state index contributed by atoms with van der Waals surface area (Å²) in [7, 11) is 0. The number of rotatable bonds is 9. The molecule has 0 spiro atoms. The lowest BCUT2D eigenvalue weighted by Crippen LogP contribution is -2.30. The highest BCUT2D eigenvalue weighted by atomic mass is 35.5. The second-order valence-electron chi connectivity index (χ2n) is 8.11. The van der Waals surface area contributed by atoms with Crippen LogP contribution in [-0.2, 0) is 4.79 Å². The summed E-state index contributed by atoms with van der Waals surface area (Å²) in [5, 5.41) is 6.33. The van der Waals surface area contributed by atoms with E-state index in [1.807, 2.05) is 42.5 Å². The van der Waals surface area contributed by atoms with Crippen molar-refractivity contribution in [2.24, 2.45) is 0 Å². The standard InChI is InChI=1S/C30H22Cl2N2O3S/c31-22-14-15-25(26(32)17-22)28(35)19-38-24-13-7-12-23(18-24)33-30(37)27(16-20-8-3-1-4-9-20)34-29(36)21-10-5-2-6-11-21/h1-18H,19H2,(H,33,37)(H,34,36)/b27-16-. The maximum atomic E-state index is 13.2. The van der Waals surface area contributed by atoms with E-state index in [1.165, 1.54) is 17.8 Å². The van der Waals surface area contributed by atoms with Crippen molar-refractivity contribution in [1.29, 1.82) is 0 Å². The first kappa shape index (κ1) is 27.2. The lowest BCUT2D eigenvalue weighted by molar-refractivity contribution is -0.113. The highest BCUT2D eigenvalue weighted by Crippen LogP contribution is 2.26. The predicted octanol–water partition coefficient (Wildman–Crippen LogP) is 7.38. The molecule has 0 saturated carbocycles. The number of hydrogen-bond acceptors (Lipinski definition) is 4. The molecule has 4 aromatic carbocycles. The molecule has 2 amide bonds. The Bertz CT molecular complexity index is 1490. The monoisotopic (exact) mass is 560 g/mol. The number of Topliss-reactive ketones (excluding diaryl/α,β-unsaturated/α-hetero) is 1. The molecule has 8 heteroatoms. The highest BCUT2D eigenvalue weighted by Gasteiger charge is 2.16. The van der Waals surface area contributed by atoms with Crippen LogP contribution in [0, 0.1) is 0 Å². The van der Waals surface area contributed by atoms with Crippen molar-refractivity contribution in [2.45, 2.75) is 4.90 Å². The summed E-state index contributed by atoms with van der Waals surface area (Å²) in [6, 6.07) is 29.8. The van der Waals surface area contributed by atoms with E-state index in [2.05, 4.69) is 10.6 Å². The molecule has 5 nitrogen and oxygen atoms in total. The van der Waals surface area contributed by atoms with Gasteiger partial charge in [0.2, 0.25) is 0 Å². The van der Waals surface area contributed by atoms with Gasteiger partial charge in [0.1, 0.15) is 5.70 Å². The van der Waals surface area contributed by atoms with Crippen molar-refractivity contribution in [2.75, 3.05) is 11.1 Å². The third-order valence-corrected chi connectivity index (χ3v) is 6.87. The number of benzene rings is 4. The molecule has 38 heavy (non-hydrogen) atoms. The first-order chi connectivity index (χ1) is 18.4. The molecular formula is C30H22Cl2N2O3S. The molecule has 0 aliphatic rings. The molecule has 2 N–H and O–H groups in total. The molecule has 0 bridgehead atoms. The van der Waals surface area contributed by atoms with Gasteiger partial charge in [0.15, 0.2) is 5.78 Å². The van der Waals surface area contributed by atoms with E-state index in [9.17, 15) is 14.4 Å². The van der Waals surface area contributed by atoms with Crippen molar-refractivity contribution in [1.82, 2.24) is 5.32 Å². The van der Waals surface area contributed by atoms with Crippen LogP contribution >= 0.6 is 35.0 Å². The largest absolute Gasteiger partial charge is 0.321 e. The van der Waals surface area contributed by atoms with Crippen LogP contribution in [0.4, 0.5) is 5.69 Å². The van der Waals surface area contributed by atoms with E-state index in [-0.39, 0.29) is 17.2 Å². The third-order valence-electron chi connectivity index (χ3n) is 5.33. The quantitative estimate of drug-likeness (QED) is 0.127. The lowest BCUT2D eigenvalue weighted by Gasteiger charge is -2.12. The Balaban J connectivity index is 1.47. The van der Waals surface area contributed by atoms with Gasteiger partial charge in [0.05, 0.1) is 10.8 Å². The normalized spacial score (nSPS) is 11.1. The Hall–Kier alpha value is -3.84. The second-order valence-corrected chi connectivity index (χ2v) is 10.00. The summed E-state index contributed by atoms with van der Waals surface area (Å²) < 4.78 is 0. The molecule has 0 unspecified atom stereocenters. The summed E-state index contributed by atoms with van der Waals surface area (Å²) >= 11 is 13.4. The molecule has 0 aromatic heterocycles. The van der Waals surface area contributed by atoms with Crippen LogP contribution in [-0.4, -0.2) is 23.4 Å². The molecule has 0 atom stereocenters. The van der Waals surface area contributed by atoms with Gasteiger partial charge in [-0.05, 0) is 60.2 Å². The molecule has 0 fully saturated rings. The molecule has 0 radical (unpaired) electrons. The minimum Gasteiger partial charge on any atom is -0.321 e. The van der Waals surface area contributed by atoms with Gasteiger partial charge >= 0.3 is 0 Å². The van der Waals surface area contributed by atoms with E-state index < -0.39 is 11.8 Å². The van der Waals surface area contributed by atoms with Crippen LogP contribution in [0.1, 0.15) is 26.3 Å². The Morgan fingerprint density at radius 1 is 0.789 bits per heavy atom. The molecule has 0 saturated heterocycles. The number of halogens is 2. The van der Waals surface area contributed by atoms with E-state index in [0.717, 1.165) is 10.5 Å². The zero-order chi connectivity index (χ0) is 26.9. The maximum Gasteiger partial charge on any atom is 0.272 e. The predicted molar refractivity (Wildman–Crippen MR) is 155 cm³/mol. The average molecular weight is 561 g/mol. The fraction of sp³-hybridized carbons (Fsp3) is 0.0333. The van der Waals surface area contributed by atoms with E-state index >= 15 is 0 Å². The molecule has 0 heterocycles. The van der Waals surface area contributed by atoms with Gasteiger partial charge in [-0.15, -0.1) is 11.8 Å². The first-order valence-corrected chi connectivity index (χ1v) is 13.3. The summed E-state index contributed by atoms with van der Waals surface area (Å²) in [4.78, 5) is 39.4. The summed E-state index contributed by atoms with van der Waals surface area (Å²) in [5.41, 5.74) is 2.20. The van der Waals surface area contributed by atoms with Gasteiger partial charge in [0, 0.05) is 26.7 Å². The van der Waals surface area contributed by atoms with Gasteiger partial charge < -0.3 is 10.6 Å². The van der Waals surface area contributed by atoms with Crippen LogP contribution in [0.2, 0.25) is 10.0 Å². The number of nitrogens with one attached hydrogen (secondary N) is 2. The fourth-order valence-corrected chi connectivity index (χ4v) is 4.81. The summed E-state index contributed by atoms with van der Waals surface area (Å²) in [5.74, 6) is -0.857. The number of anilines is 1. The molecule has 0 aliphatic carbocycles. The Morgan fingerprint density at radius 2 is 1.50 bits per heavy atom. The number of ketones is 1. The van der Waals surface area contributed by atoms with Crippen molar-refractivity contribution in [3.63, 3.8) is 0 Å². The lowest BCUT2D eigenvalue weighted by atomic mass is 10.1. The Labute approximate surface area is 234 Å². The van der Waals surface area contributed by atoms with Crippen molar-refractivity contribution >= 4 is 64.3 Å². The molecule has 190 valence electrons. The molecule has 0 aliphatic heterocycles. The summed E-state index contributed by atoms with van der Waals surface area (Å²) in [6.07, 6.45) is 1.61. The first-order valence-electron chi connectivity index (χ1n) is 11.5. The van der Waals surface area contributed by atoms with E-state index in [1.54, 1.807) is 60.7 Å². The second kappa shape index (κ2) is 13.1. The fourth-order valence-electron chi connectivity index (χ4n) is 3.46. The van der Waals surface area contributed by atoms with Crippen LogP contribution in [0.5, 0.6) is 0 Å². The minimum atomic E-state index is -0.482. The Morgan fingerprint density at radius 3 is 2.21 bits per heavy atom. The zero-order valence-electron chi connectivity index (χ0n) is 20.0. The average Bonchev–Trinajstić information content (AvgIpc) is 2.92. The number of carbonyl (C=O) groups excluding carboxylic acids is 3. The number of carbonyl (C=O) groups is 3. The highest BCUT2D eigenvalue weighted by molar-refractivity contribution is 8.00. The van der Waals surface area contributed by atoms with Crippen LogP contribution in [0.15, 0.2) is 114 Å². The number of amides is 2. The van der Waals surface area contributed by atoms with Crippen LogP contribution in [0.3, 0.4) is 0 Å². The van der Waals surface area contributed by atoms with E-state index in [0.29, 0.717) is 26.9 Å². The Kier molecular flexibility index (Phi) is 9.38. The SMILES string of the molecule is O=C(Nc1cccc(SCC(=O)c2ccc(Cl)cc2Cl)c1)/C(=C/c1ccccc1)NC(=O)c1ccccc1. The molecular weight excluding hydrogens is 539 g/mol. The van der Waals surface area contributed by atoms with Crippen molar-refractivity contribution < 1.29 is 14.4 Å². The van der Waals surface area contributed by atoms with Gasteiger partial charge in [0.25, 0.3) is 11.8 Å². The van der Waals surface area contributed by atoms with Gasteiger partial charge in [-0.25, -0.2) is 0 Å². The summed E-state index contributed by atoms with van der Waals surface area (Å²) in [6.45, 7) is 0. The van der Waals surface area contributed by atoms with Crippen molar-refractivity contribution in [3.05, 3.63) is 136 Å². The number of hydrogen-bond donors (Lipinski definition) is 2. The molecule has 4 rings (SSSR count). The van der Waals surface area contributed by atoms with Crippen LogP contribution < -0.4 is 10.6 Å². The van der Waals surface area contributed by atoms with Gasteiger partial charge in [-0.2, -0.15) is 0 Å². The van der Waals surface area contributed by atoms with Crippen molar-refractivity contribution in [3.8, 4) is 0 Å². The van der Waals surface area contributed by atoms with Crippen LogP contribution in [0.25, 0.3) is 6.08 Å². The van der Waals surface area contributed by atoms with E-state index in [4.69, 9.17) is 23.2 Å². The minimum absolute atomic E-state index is 0.0932. The smallest absolute Gasteiger partial charge is 0.272 e.